The Morgan fingerprint density at radius 2 is 2.09 bits per heavy atom. The first-order valence-corrected chi connectivity index (χ1v) is 7.69. The maximum Gasteiger partial charge on any atom is 0.326 e. The number of rotatable bonds is 8. The molecule has 1 amide bonds. The quantitative estimate of drug-likeness (QED) is 0.701. The van der Waals surface area contributed by atoms with Crippen LogP contribution in [-0.4, -0.2) is 28.0 Å². The highest BCUT2D eigenvalue weighted by Crippen LogP contribution is 2.19. The lowest BCUT2D eigenvalue weighted by molar-refractivity contribution is -0.142. The predicted molar refractivity (Wildman–Crippen MR) is 85.7 cm³/mol. The summed E-state index contributed by atoms with van der Waals surface area (Å²) in [5.41, 5.74) is 2.28. The van der Waals surface area contributed by atoms with Gasteiger partial charge in [-0.1, -0.05) is 31.5 Å². The largest absolute Gasteiger partial charge is 0.480 e. The van der Waals surface area contributed by atoms with Crippen LogP contribution in [0, 0.1) is 0 Å². The number of aliphatic carboxylic acids is 1. The van der Waals surface area contributed by atoms with Crippen LogP contribution >= 0.6 is 0 Å². The summed E-state index contributed by atoms with van der Waals surface area (Å²) in [5.74, 6) is -1.16. The van der Waals surface area contributed by atoms with Crippen LogP contribution in [0.5, 0.6) is 0 Å². The predicted octanol–water partition coefficient (Wildman–Crippen LogP) is 2.86. The van der Waals surface area contributed by atoms with Gasteiger partial charge in [0.05, 0.1) is 0 Å². The number of carbonyl (C=O) groups is 2. The molecule has 0 saturated heterocycles. The third-order valence-electron chi connectivity index (χ3n) is 3.74. The maximum absolute atomic E-state index is 11.8. The second-order valence-electron chi connectivity index (χ2n) is 5.46. The van der Waals surface area contributed by atoms with E-state index in [0.29, 0.717) is 19.3 Å². The number of amides is 1. The summed E-state index contributed by atoms with van der Waals surface area (Å²) in [6, 6.07) is 7.28. The van der Waals surface area contributed by atoms with Crippen molar-refractivity contribution in [1.82, 2.24) is 10.3 Å². The summed E-state index contributed by atoms with van der Waals surface area (Å²) >= 11 is 0. The highest BCUT2D eigenvalue weighted by Gasteiger charge is 2.18. The maximum atomic E-state index is 11.8. The van der Waals surface area contributed by atoms with Crippen LogP contribution in [0.25, 0.3) is 10.9 Å². The fourth-order valence-corrected chi connectivity index (χ4v) is 2.59. The number of carboxylic acid groups (broad SMARTS) is 1. The molecule has 0 spiro atoms. The van der Waals surface area contributed by atoms with E-state index in [1.54, 1.807) is 0 Å². The average molecular weight is 302 g/mol. The molecule has 3 N–H and O–H groups in total. The second-order valence-corrected chi connectivity index (χ2v) is 5.46. The van der Waals surface area contributed by atoms with Gasteiger partial charge in [-0.25, -0.2) is 4.79 Å². The fraction of sp³-hybridized carbons (Fsp3) is 0.412. The SMILES string of the molecule is CCCC(NC(=O)CCCc1c[nH]c2ccccc12)C(=O)O. The van der Waals surface area contributed by atoms with E-state index in [0.717, 1.165) is 18.4 Å². The summed E-state index contributed by atoms with van der Waals surface area (Å²) in [6.07, 6.45) is 5.00. The molecule has 0 fully saturated rings. The Kier molecular flexibility index (Phi) is 5.58. The number of hydrogen-bond acceptors (Lipinski definition) is 2. The zero-order valence-electron chi connectivity index (χ0n) is 12.8. The molecular formula is C17H22N2O3. The Hall–Kier alpha value is -2.30. The van der Waals surface area contributed by atoms with Crippen molar-refractivity contribution in [3.63, 3.8) is 0 Å². The van der Waals surface area contributed by atoms with Crippen LogP contribution in [0.1, 0.15) is 38.2 Å². The number of benzene rings is 1. The van der Waals surface area contributed by atoms with E-state index in [-0.39, 0.29) is 5.91 Å². The van der Waals surface area contributed by atoms with Crippen LogP contribution in [-0.2, 0) is 16.0 Å². The monoisotopic (exact) mass is 302 g/mol. The van der Waals surface area contributed by atoms with Gasteiger partial charge >= 0.3 is 5.97 Å². The number of aryl methyl sites for hydroxylation is 1. The Labute approximate surface area is 129 Å². The van der Waals surface area contributed by atoms with Crippen molar-refractivity contribution in [2.24, 2.45) is 0 Å². The number of fused-ring (bicyclic) bond motifs is 1. The van der Waals surface area contributed by atoms with Crippen LogP contribution in [0.4, 0.5) is 0 Å². The molecule has 22 heavy (non-hydrogen) atoms. The molecule has 0 aliphatic heterocycles. The van der Waals surface area contributed by atoms with E-state index in [1.165, 1.54) is 10.9 Å². The third-order valence-corrected chi connectivity index (χ3v) is 3.74. The van der Waals surface area contributed by atoms with Crippen molar-refractivity contribution < 1.29 is 14.7 Å². The van der Waals surface area contributed by atoms with E-state index in [4.69, 9.17) is 5.11 Å². The summed E-state index contributed by atoms with van der Waals surface area (Å²) in [5, 5.41) is 12.8. The van der Waals surface area contributed by atoms with Crippen molar-refractivity contribution in [3.05, 3.63) is 36.0 Å². The number of carboxylic acids is 1. The molecule has 1 aromatic heterocycles. The number of H-pyrrole nitrogens is 1. The summed E-state index contributed by atoms with van der Waals surface area (Å²) < 4.78 is 0. The number of carbonyl (C=O) groups excluding carboxylic acids is 1. The highest BCUT2D eigenvalue weighted by molar-refractivity contribution is 5.84. The molecule has 5 nitrogen and oxygen atoms in total. The van der Waals surface area contributed by atoms with Crippen molar-refractivity contribution in [2.75, 3.05) is 0 Å². The molecule has 1 aromatic carbocycles. The summed E-state index contributed by atoms with van der Waals surface area (Å²) in [7, 11) is 0. The molecule has 118 valence electrons. The minimum absolute atomic E-state index is 0.194. The Morgan fingerprint density at radius 1 is 1.32 bits per heavy atom. The first kappa shape index (κ1) is 16.1. The van der Waals surface area contributed by atoms with Gasteiger partial charge < -0.3 is 15.4 Å². The molecule has 0 radical (unpaired) electrons. The Balaban J connectivity index is 1.83. The van der Waals surface area contributed by atoms with Gasteiger partial charge in [0, 0.05) is 23.5 Å². The molecule has 0 aliphatic carbocycles. The lowest BCUT2D eigenvalue weighted by Crippen LogP contribution is -2.40. The van der Waals surface area contributed by atoms with Gasteiger partial charge in [-0.15, -0.1) is 0 Å². The van der Waals surface area contributed by atoms with E-state index in [1.807, 2.05) is 31.3 Å². The minimum atomic E-state index is -0.966. The first-order valence-electron chi connectivity index (χ1n) is 7.69. The molecule has 2 rings (SSSR count). The molecular weight excluding hydrogens is 280 g/mol. The van der Waals surface area contributed by atoms with Crippen molar-refractivity contribution in [3.8, 4) is 0 Å². The number of para-hydroxylation sites is 1. The average Bonchev–Trinajstić information content (AvgIpc) is 2.90. The van der Waals surface area contributed by atoms with Crippen LogP contribution < -0.4 is 5.32 Å². The van der Waals surface area contributed by atoms with E-state index >= 15 is 0 Å². The fourth-order valence-electron chi connectivity index (χ4n) is 2.59. The molecule has 5 heteroatoms. The summed E-state index contributed by atoms with van der Waals surface area (Å²) in [6.45, 7) is 1.90. The lowest BCUT2D eigenvalue weighted by atomic mass is 10.1. The van der Waals surface area contributed by atoms with E-state index in [9.17, 15) is 9.59 Å². The van der Waals surface area contributed by atoms with Crippen LogP contribution in [0.2, 0.25) is 0 Å². The zero-order chi connectivity index (χ0) is 15.9. The second kappa shape index (κ2) is 7.64. The molecule has 0 aliphatic rings. The van der Waals surface area contributed by atoms with Crippen molar-refractivity contribution in [2.45, 2.75) is 45.1 Å². The Morgan fingerprint density at radius 3 is 2.82 bits per heavy atom. The van der Waals surface area contributed by atoms with Crippen LogP contribution in [0.3, 0.4) is 0 Å². The molecule has 0 bridgehead atoms. The van der Waals surface area contributed by atoms with Crippen molar-refractivity contribution in [1.29, 1.82) is 0 Å². The smallest absolute Gasteiger partial charge is 0.326 e. The number of nitrogens with one attached hydrogen (secondary N) is 2. The molecule has 2 aromatic rings. The molecule has 1 heterocycles. The van der Waals surface area contributed by atoms with Gasteiger partial charge in [-0.2, -0.15) is 0 Å². The van der Waals surface area contributed by atoms with Crippen LogP contribution in [0.15, 0.2) is 30.5 Å². The summed E-state index contributed by atoms with van der Waals surface area (Å²) in [4.78, 5) is 26.1. The van der Waals surface area contributed by atoms with Gasteiger partial charge in [-0.3, -0.25) is 4.79 Å². The van der Waals surface area contributed by atoms with E-state index < -0.39 is 12.0 Å². The topological polar surface area (TPSA) is 82.2 Å². The Bertz CT molecular complexity index is 648. The van der Waals surface area contributed by atoms with Gasteiger partial charge in [0.1, 0.15) is 6.04 Å². The number of aromatic amines is 1. The van der Waals surface area contributed by atoms with Gasteiger partial charge in [0.25, 0.3) is 0 Å². The van der Waals surface area contributed by atoms with E-state index in [2.05, 4.69) is 16.4 Å². The normalized spacial score (nSPS) is 12.2. The highest BCUT2D eigenvalue weighted by atomic mass is 16.4. The first-order chi connectivity index (χ1) is 10.6. The lowest BCUT2D eigenvalue weighted by Gasteiger charge is -2.13. The van der Waals surface area contributed by atoms with Gasteiger partial charge in [0.2, 0.25) is 5.91 Å². The number of aromatic nitrogens is 1. The standard InChI is InChI=1S/C17H22N2O3/c1-2-6-15(17(21)22)19-16(20)10-5-7-12-11-18-14-9-4-3-8-13(12)14/h3-4,8-9,11,15,18H,2,5-7,10H2,1H3,(H,19,20)(H,21,22). The van der Waals surface area contributed by atoms with Gasteiger partial charge in [0.15, 0.2) is 0 Å². The minimum Gasteiger partial charge on any atom is -0.480 e. The zero-order valence-corrected chi connectivity index (χ0v) is 12.8. The van der Waals surface area contributed by atoms with Gasteiger partial charge in [-0.05, 0) is 30.9 Å². The number of hydrogen-bond donors (Lipinski definition) is 3. The molecule has 1 atom stereocenters. The molecule has 0 saturated carbocycles. The van der Waals surface area contributed by atoms with Crippen molar-refractivity contribution >= 4 is 22.8 Å². The molecule has 1 unspecified atom stereocenters. The third kappa shape index (κ3) is 4.10.